The number of hydrogen-bond acceptors (Lipinski definition) is 6. The van der Waals surface area contributed by atoms with Crippen LogP contribution in [-0.2, 0) is 0 Å². The second-order valence-electron chi connectivity index (χ2n) is 7.39. The van der Waals surface area contributed by atoms with Crippen LogP contribution >= 0.6 is 0 Å². The third-order valence-corrected chi connectivity index (χ3v) is 5.26. The standard InChI is InChI=1S/C25H24N4O4/c1-32-22-13-10-18(16-23(22)33-2)20-7-5-15-29(28-20)25(31)17-8-11-19(12-9-17)27-24(30)21-6-3-4-14-26-21/h3-4,6,8-14,16H,5,7,15H2,1-2H3,(H,27,30). The van der Waals surface area contributed by atoms with Crippen LogP contribution in [0.3, 0.4) is 0 Å². The lowest BCUT2D eigenvalue weighted by molar-refractivity contribution is 0.0751. The minimum atomic E-state index is -0.310. The lowest BCUT2D eigenvalue weighted by Gasteiger charge is -2.24. The highest BCUT2D eigenvalue weighted by molar-refractivity contribution is 6.04. The van der Waals surface area contributed by atoms with E-state index in [1.54, 1.807) is 62.9 Å². The number of pyridine rings is 1. The molecule has 3 aromatic rings. The molecular weight excluding hydrogens is 420 g/mol. The molecule has 168 valence electrons. The molecule has 1 aliphatic heterocycles. The molecule has 2 heterocycles. The third-order valence-electron chi connectivity index (χ3n) is 5.26. The zero-order valence-corrected chi connectivity index (χ0v) is 18.4. The van der Waals surface area contributed by atoms with Gasteiger partial charge in [0.25, 0.3) is 11.8 Å². The summed E-state index contributed by atoms with van der Waals surface area (Å²) in [5, 5.41) is 8.86. The molecule has 0 saturated carbocycles. The van der Waals surface area contributed by atoms with Crippen molar-refractivity contribution in [2.75, 3.05) is 26.1 Å². The van der Waals surface area contributed by atoms with E-state index in [-0.39, 0.29) is 11.8 Å². The van der Waals surface area contributed by atoms with Crippen LogP contribution in [-0.4, -0.2) is 48.3 Å². The van der Waals surface area contributed by atoms with Gasteiger partial charge in [0.05, 0.1) is 19.9 Å². The minimum Gasteiger partial charge on any atom is -0.493 e. The number of anilines is 1. The van der Waals surface area contributed by atoms with E-state index in [1.165, 1.54) is 5.01 Å². The summed E-state index contributed by atoms with van der Waals surface area (Å²) in [5.41, 5.74) is 3.09. The van der Waals surface area contributed by atoms with Crippen LogP contribution in [0.2, 0.25) is 0 Å². The highest BCUT2D eigenvalue weighted by atomic mass is 16.5. The van der Waals surface area contributed by atoms with Gasteiger partial charge in [0.15, 0.2) is 11.5 Å². The molecule has 2 amide bonds. The molecule has 0 atom stereocenters. The van der Waals surface area contributed by atoms with Gasteiger partial charge < -0.3 is 14.8 Å². The first-order chi connectivity index (χ1) is 16.1. The van der Waals surface area contributed by atoms with Crippen molar-refractivity contribution < 1.29 is 19.1 Å². The van der Waals surface area contributed by atoms with Gasteiger partial charge in [0, 0.05) is 29.6 Å². The first-order valence-corrected chi connectivity index (χ1v) is 10.5. The molecule has 4 rings (SSSR count). The first kappa shape index (κ1) is 22.0. The van der Waals surface area contributed by atoms with Crippen LogP contribution in [0.1, 0.15) is 39.3 Å². The summed E-state index contributed by atoms with van der Waals surface area (Å²) in [7, 11) is 3.17. The Bertz CT molecular complexity index is 1180. The highest BCUT2D eigenvalue weighted by Gasteiger charge is 2.21. The number of hydrazone groups is 1. The number of rotatable bonds is 6. The Labute approximate surface area is 191 Å². The third kappa shape index (κ3) is 5.01. The van der Waals surface area contributed by atoms with Crippen LogP contribution in [0.5, 0.6) is 11.5 Å². The Kier molecular flexibility index (Phi) is 6.64. The number of methoxy groups -OCH3 is 2. The number of nitrogens with zero attached hydrogens (tertiary/aromatic N) is 3. The predicted octanol–water partition coefficient (Wildman–Crippen LogP) is 3.99. The van der Waals surface area contributed by atoms with E-state index >= 15 is 0 Å². The van der Waals surface area contributed by atoms with Crippen molar-refractivity contribution in [1.82, 2.24) is 9.99 Å². The van der Waals surface area contributed by atoms with E-state index in [2.05, 4.69) is 15.4 Å². The molecule has 0 aliphatic carbocycles. The summed E-state index contributed by atoms with van der Waals surface area (Å²) in [5.74, 6) is 0.746. The molecule has 8 heteroatoms. The molecule has 1 N–H and O–H groups in total. The highest BCUT2D eigenvalue weighted by Crippen LogP contribution is 2.29. The summed E-state index contributed by atoms with van der Waals surface area (Å²) < 4.78 is 10.7. The van der Waals surface area contributed by atoms with Crippen molar-refractivity contribution in [3.8, 4) is 11.5 Å². The fourth-order valence-corrected chi connectivity index (χ4v) is 3.54. The van der Waals surface area contributed by atoms with Crippen molar-refractivity contribution in [2.24, 2.45) is 5.10 Å². The average molecular weight is 444 g/mol. The van der Waals surface area contributed by atoms with Crippen LogP contribution in [0.15, 0.2) is 72.0 Å². The molecule has 1 aliphatic rings. The smallest absolute Gasteiger partial charge is 0.274 e. The van der Waals surface area contributed by atoms with Crippen LogP contribution in [0.25, 0.3) is 0 Å². The summed E-state index contributed by atoms with van der Waals surface area (Å²) >= 11 is 0. The SMILES string of the molecule is COc1ccc(C2=NN(C(=O)c3ccc(NC(=O)c4ccccn4)cc3)CCC2)cc1OC. The minimum absolute atomic E-state index is 0.199. The summed E-state index contributed by atoms with van der Waals surface area (Å²) in [4.78, 5) is 29.3. The zero-order chi connectivity index (χ0) is 23.2. The Balaban J connectivity index is 1.48. The van der Waals surface area contributed by atoms with E-state index in [0.29, 0.717) is 35.0 Å². The maximum Gasteiger partial charge on any atom is 0.274 e. The lowest BCUT2D eigenvalue weighted by atomic mass is 10.0. The van der Waals surface area contributed by atoms with E-state index in [0.717, 1.165) is 24.1 Å². The number of amides is 2. The first-order valence-electron chi connectivity index (χ1n) is 10.5. The van der Waals surface area contributed by atoms with Crippen LogP contribution < -0.4 is 14.8 Å². The van der Waals surface area contributed by atoms with Crippen molar-refractivity contribution >= 4 is 23.2 Å². The van der Waals surface area contributed by atoms with Crippen LogP contribution in [0, 0.1) is 0 Å². The normalized spacial score (nSPS) is 13.2. The number of benzene rings is 2. The van der Waals surface area contributed by atoms with Gasteiger partial charge in [-0.2, -0.15) is 5.10 Å². The summed E-state index contributed by atoms with van der Waals surface area (Å²) in [6.07, 6.45) is 3.13. The topological polar surface area (TPSA) is 93.1 Å². The van der Waals surface area contributed by atoms with Gasteiger partial charge in [0.1, 0.15) is 5.69 Å². The second-order valence-corrected chi connectivity index (χ2v) is 7.39. The monoisotopic (exact) mass is 444 g/mol. The molecule has 0 fully saturated rings. The molecule has 0 saturated heterocycles. The second kappa shape index (κ2) is 9.95. The van der Waals surface area contributed by atoms with Crippen molar-refractivity contribution in [3.05, 3.63) is 83.7 Å². The van der Waals surface area contributed by atoms with Crippen molar-refractivity contribution in [2.45, 2.75) is 12.8 Å². The Hall–Kier alpha value is -4.20. The molecule has 33 heavy (non-hydrogen) atoms. The van der Waals surface area contributed by atoms with Gasteiger partial charge in [-0.15, -0.1) is 0 Å². The maximum absolute atomic E-state index is 13.0. The van der Waals surface area contributed by atoms with Gasteiger partial charge >= 0.3 is 0 Å². The van der Waals surface area contributed by atoms with Gasteiger partial charge in [-0.1, -0.05) is 6.07 Å². The summed E-state index contributed by atoms with van der Waals surface area (Å²) in [6.45, 7) is 0.536. The van der Waals surface area contributed by atoms with Crippen molar-refractivity contribution in [3.63, 3.8) is 0 Å². The number of carbonyl (C=O) groups excluding carboxylic acids is 2. The zero-order valence-electron chi connectivity index (χ0n) is 18.4. The predicted molar refractivity (Wildman–Crippen MR) is 125 cm³/mol. The Morgan fingerprint density at radius 1 is 0.970 bits per heavy atom. The molecule has 0 radical (unpaired) electrons. The molecule has 0 bridgehead atoms. The van der Waals surface area contributed by atoms with E-state index in [1.807, 2.05) is 18.2 Å². The molecule has 0 unspecified atom stereocenters. The Morgan fingerprint density at radius 2 is 1.76 bits per heavy atom. The number of carbonyl (C=O) groups is 2. The van der Waals surface area contributed by atoms with E-state index in [9.17, 15) is 9.59 Å². The molecule has 2 aromatic carbocycles. The molecule has 0 spiro atoms. The quantitative estimate of drug-likeness (QED) is 0.621. The molecule has 8 nitrogen and oxygen atoms in total. The van der Waals surface area contributed by atoms with E-state index < -0.39 is 0 Å². The van der Waals surface area contributed by atoms with E-state index in [4.69, 9.17) is 9.47 Å². The fraction of sp³-hybridized carbons (Fsp3) is 0.200. The van der Waals surface area contributed by atoms with Gasteiger partial charge in [0.2, 0.25) is 0 Å². The lowest BCUT2D eigenvalue weighted by Crippen LogP contribution is -2.32. The van der Waals surface area contributed by atoms with Gasteiger partial charge in [-0.25, -0.2) is 5.01 Å². The van der Waals surface area contributed by atoms with Gasteiger partial charge in [-0.3, -0.25) is 14.6 Å². The number of aromatic nitrogens is 1. The van der Waals surface area contributed by atoms with Gasteiger partial charge in [-0.05, 0) is 67.4 Å². The van der Waals surface area contributed by atoms with Crippen LogP contribution in [0.4, 0.5) is 5.69 Å². The fourth-order valence-electron chi connectivity index (χ4n) is 3.54. The Morgan fingerprint density at radius 3 is 2.45 bits per heavy atom. The number of ether oxygens (including phenoxy) is 2. The van der Waals surface area contributed by atoms with Crippen molar-refractivity contribution in [1.29, 1.82) is 0 Å². The molecular formula is C25H24N4O4. The average Bonchev–Trinajstić information content (AvgIpc) is 2.88. The maximum atomic E-state index is 13.0. The molecule has 1 aromatic heterocycles. The summed E-state index contributed by atoms with van der Waals surface area (Å²) in [6, 6.07) is 17.5. The largest absolute Gasteiger partial charge is 0.493 e. The number of hydrogen-bond donors (Lipinski definition) is 1. The number of nitrogens with one attached hydrogen (secondary N) is 1.